The Morgan fingerprint density at radius 3 is 3.14 bits per heavy atom. The molecule has 5 heteroatoms. The van der Waals surface area contributed by atoms with Crippen molar-refractivity contribution in [1.29, 1.82) is 0 Å². The average Bonchev–Trinajstić information content (AvgIpc) is 3.17. The van der Waals surface area contributed by atoms with E-state index in [4.69, 9.17) is 0 Å². The lowest BCUT2D eigenvalue weighted by atomic mass is 9.93. The molecule has 0 bridgehead atoms. The normalized spacial score (nSPS) is 17.8. The maximum absolute atomic E-state index is 4.52. The van der Waals surface area contributed by atoms with E-state index in [0.717, 1.165) is 19.5 Å². The van der Waals surface area contributed by atoms with Gasteiger partial charge in [0.2, 0.25) is 0 Å². The fourth-order valence-corrected chi connectivity index (χ4v) is 3.46. The van der Waals surface area contributed by atoms with Gasteiger partial charge in [-0.3, -0.25) is 4.68 Å². The second-order valence-corrected chi connectivity index (χ2v) is 5.89. The standard InChI is InChI=1S/C17H21N5/c1-2-21-17-8-5-6-15(14(17)12-20-21)18-10-13-11-19-22-9-4-3-7-16(13)22/h3-4,7,9,11-12,15,18H,2,5-6,8,10H2,1H3/t15-/m1/s1. The quantitative estimate of drug-likeness (QED) is 0.805. The van der Waals surface area contributed by atoms with Crippen LogP contribution in [0.25, 0.3) is 5.52 Å². The molecule has 1 aliphatic carbocycles. The van der Waals surface area contributed by atoms with Crippen LogP contribution in [0, 0.1) is 0 Å². The molecular formula is C17H21N5. The topological polar surface area (TPSA) is 47.2 Å². The third kappa shape index (κ3) is 2.22. The first-order valence-corrected chi connectivity index (χ1v) is 8.06. The van der Waals surface area contributed by atoms with E-state index in [0.29, 0.717) is 6.04 Å². The van der Waals surface area contributed by atoms with E-state index in [1.807, 2.05) is 29.2 Å². The van der Waals surface area contributed by atoms with Gasteiger partial charge in [-0.05, 0) is 38.3 Å². The Balaban J connectivity index is 1.54. The molecule has 3 aromatic rings. The zero-order valence-electron chi connectivity index (χ0n) is 12.9. The molecule has 1 N–H and O–H groups in total. The number of fused-ring (bicyclic) bond motifs is 2. The van der Waals surface area contributed by atoms with Gasteiger partial charge in [0.15, 0.2) is 0 Å². The molecule has 0 radical (unpaired) electrons. The van der Waals surface area contributed by atoms with Crippen molar-refractivity contribution in [3.8, 4) is 0 Å². The first-order chi connectivity index (χ1) is 10.9. The number of pyridine rings is 1. The van der Waals surface area contributed by atoms with Crippen LogP contribution in [0.1, 0.15) is 42.6 Å². The monoisotopic (exact) mass is 295 g/mol. The minimum Gasteiger partial charge on any atom is -0.306 e. The molecule has 0 fully saturated rings. The molecule has 3 heterocycles. The number of aromatic nitrogens is 4. The minimum atomic E-state index is 0.405. The zero-order valence-corrected chi connectivity index (χ0v) is 12.9. The highest BCUT2D eigenvalue weighted by Crippen LogP contribution is 2.30. The molecule has 3 aromatic heterocycles. The number of aryl methyl sites for hydroxylation is 1. The number of hydrogen-bond acceptors (Lipinski definition) is 3. The van der Waals surface area contributed by atoms with Crippen molar-refractivity contribution in [3.63, 3.8) is 0 Å². The van der Waals surface area contributed by atoms with Crippen LogP contribution in [-0.2, 0) is 19.5 Å². The molecule has 0 aromatic carbocycles. The largest absolute Gasteiger partial charge is 0.306 e. The lowest BCUT2D eigenvalue weighted by Gasteiger charge is -2.24. The molecule has 0 amide bonds. The highest BCUT2D eigenvalue weighted by atomic mass is 15.3. The summed E-state index contributed by atoms with van der Waals surface area (Å²) in [6, 6.07) is 6.59. The number of nitrogens with one attached hydrogen (secondary N) is 1. The van der Waals surface area contributed by atoms with Crippen molar-refractivity contribution < 1.29 is 0 Å². The lowest BCUT2D eigenvalue weighted by Crippen LogP contribution is -2.25. The third-order valence-corrected chi connectivity index (χ3v) is 4.61. The van der Waals surface area contributed by atoms with Gasteiger partial charge in [0, 0.05) is 42.1 Å². The molecule has 0 spiro atoms. The van der Waals surface area contributed by atoms with Crippen LogP contribution in [0.5, 0.6) is 0 Å². The Morgan fingerprint density at radius 2 is 2.23 bits per heavy atom. The van der Waals surface area contributed by atoms with E-state index in [1.54, 1.807) is 0 Å². The van der Waals surface area contributed by atoms with Gasteiger partial charge in [0.05, 0.1) is 17.9 Å². The predicted molar refractivity (Wildman–Crippen MR) is 85.6 cm³/mol. The summed E-state index contributed by atoms with van der Waals surface area (Å²) in [5, 5.41) is 12.6. The van der Waals surface area contributed by atoms with E-state index in [2.05, 4.69) is 39.3 Å². The van der Waals surface area contributed by atoms with Gasteiger partial charge < -0.3 is 5.32 Å². The number of nitrogens with zero attached hydrogens (tertiary/aromatic N) is 4. The average molecular weight is 295 g/mol. The van der Waals surface area contributed by atoms with Crippen LogP contribution in [0.15, 0.2) is 36.8 Å². The smallest absolute Gasteiger partial charge is 0.0706 e. The summed E-state index contributed by atoms with van der Waals surface area (Å²) in [5.41, 5.74) is 5.21. The van der Waals surface area contributed by atoms with Gasteiger partial charge in [-0.1, -0.05) is 6.07 Å². The van der Waals surface area contributed by atoms with Crippen molar-refractivity contribution in [2.75, 3.05) is 0 Å². The Labute approximate surface area is 130 Å². The first kappa shape index (κ1) is 13.5. The third-order valence-electron chi connectivity index (χ3n) is 4.61. The Kier molecular flexibility index (Phi) is 3.42. The minimum absolute atomic E-state index is 0.405. The van der Waals surface area contributed by atoms with Crippen LogP contribution >= 0.6 is 0 Å². The molecule has 22 heavy (non-hydrogen) atoms. The van der Waals surface area contributed by atoms with Gasteiger partial charge in [-0.25, -0.2) is 4.52 Å². The maximum atomic E-state index is 4.52. The summed E-state index contributed by atoms with van der Waals surface area (Å²) in [4.78, 5) is 0. The van der Waals surface area contributed by atoms with Crippen LogP contribution in [0.4, 0.5) is 0 Å². The first-order valence-electron chi connectivity index (χ1n) is 8.06. The molecule has 0 aliphatic heterocycles. The highest BCUT2D eigenvalue weighted by molar-refractivity contribution is 5.53. The summed E-state index contributed by atoms with van der Waals surface area (Å²) < 4.78 is 4.07. The van der Waals surface area contributed by atoms with E-state index >= 15 is 0 Å². The van der Waals surface area contributed by atoms with Gasteiger partial charge in [-0.2, -0.15) is 10.2 Å². The summed E-state index contributed by atoms with van der Waals surface area (Å²) in [6.07, 6.45) is 9.56. The highest BCUT2D eigenvalue weighted by Gasteiger charge is 2.23. The SMILES string of the molecule is CCn1ncc2c1CCC[C@H]2NCc1cnn2ccccc12. The van der Waals surface area contributed by atoms with Gasteiger partial charge in [0.25, 0.3) is 0 Å². The molecular weight excluding hydrogens is 274 g/mol. The summed E-state index contributed by atoms with van der Waals surface area (Å²) >= 11 is 0. The molecule has 1 aliphatic rings. The van der Waals surface area contributed by atoms with E-state index in [-0.39, 0.29) is 0 Å². The number of hydrogen-bond donors (Lipinski definition) is 1. The summed E-state index contributed by atoms with van der Waals surface area (Å²) in [7, 11) is 0. The van der Waals surface area contributed by atoms with Crippen molar-refractivity contribution in [2.24, 2.45) is 0 Å². The predicted octanol–water partition coefficient (Wildman–Crippen LogP) is 2.72. The molecule has 1 atom stereocenters. The van der Waals surface area contributed by atoms with Crippen LogP contribution in [0.2, 0.25) is 0 Å². The summed E-state index contributed by atoms with van der Waals surface area (Å²) in [6.45, 7) is 3.95. The fourth-order valence-electron chi connectivity index (χ4n) is 3.46. The van der Waals surface area contributed by atoms with Crippen molar-refractivity contribution >= 4 is 5.52 Å². The van der Waals surface area contributed by atoms with Crippen LogP contribution in [0.3, 0.4) is 0 Å². The van der Waals surface area contributed by atoms with Crippen LogP contribution in [-0.4, -0.2) is 19.4 Å². The Hall–Kier alpha value is -2.14. The second-order valence-electron chi connectivity index (χ2n) is 5.89. The van der Waals surface area contributed by atoms with Gasteiger partial charge in [-0.15, -0.1) is 0 Å². The van der Waals surface area contributed by atoms with Crippen molar-refractivity contribution in [2.45, 2.75) is 45.3 Å². The second kappa shape index (κ2) is 5.57. The van der Waals surface area contributed by atoms with Gasteiger partial charge >= 0.3 is 0 Å². The lowest BCUT2D eigenvalue weighted by molar-refractivity contribution is 0.449. The molecule has 4 rings (SSSR count). The molecule has 0 saturated carbocycles. The fraction of sp³-hybridized carbons (Fsp3) is 0.412. The molecule has 0 saturated heterocycles. The molecule has 114 valence electrons. The van der Waals surface area contributed by atoms with Crippen LogP contribution < -0.4 is 5.32 Å². The Morgan fingerprint density at radius 1 is 1.27 bits per heavy atom. The summed E-state index contributed by atoms with van der Waals surface area (Å²) in [5.74, 6) is 0. The van der Waals surface area contributed by atoms with Gasteiger partial charge in [0.1, 0.15) is 0 Å². The molecule has 5 nitrogen and oxygen atoms in total. The maximum Gasteiger partial charge on any atom is 0.0706 e. The van der Waals surface area contributed by atoms with E-state index in [9.17, 15) is 0 Å². The number of rotatable bonds is 4. The van der Waals surface area contributed by atoms with E-state index < -0.39 is 0 Å². The Bertz CT molecular complexity index is 785. The zero-order chi connectivity index (χ0) is 14.9. The van der Waals surface area contributed by atoms with Crippen molar-refractivity contribution in [1.82, 2.24) is 24.7 Å². The van der Waals surface area contributed by atoms with E-state index in [1.165, 1.54) is 35.2 Å². The molecule has 0 unspecified atom stereocenters. The van der Waals surface area contributed by atoms with Crippen molar-refractivity contribution in [3.05, 3.63) is 53.6 Å².